The fourth-order valence-electron chi connectivity index (χ4n) is 3.36. The van der Waals surface area contributed by atoms with Gasteiger partial charge in [0.05, 0.1) is 36.8 Å². The molecule has 1 N–H and O–H groups in total. The Labute approximate surface area is 139 Å². The molecule has 2 aromatic rings. The van der Waals surface area contributed by atoms with Crippen LogP contribution >= 0.6 is 0 Å². The summed E-state index contributed by atoms with van der Waals surface area (Å²) in [7, 11) is 0. The summed E-state index contributed by atoms with van der Waals surface area (Å²) in [5.41, 5.74) is 2.76. The van der Waals surface area contributed by atoms with Crippen LogP contribution in [-0.2, 0) is 24.4 Å². The van der Waals surface area contributed by atoms with Gasteiger partial charge in [0.25, 0.3) is 0 Å². The number of aliphatic hydroxyl groups is 1. The molecule has 1 amide bonds. The van der Waals surface area contributed by atoms with Crippen LogP contribution in [0, 0.1) is 12.8 Å². The van der Waals surface area contributed by atoms with E-state index in [1.54, 1.807) is 10.9 Å². The van der Waals surface area contributed by atoms with Crippen molar-refractivity contribution in [2.24, 2.45) is 5.92 Å². The zero-order valence-corrected chi connectivity index (χ0v) is 13.7. The average Bonchev–Trinajstić information content (AvgIpc) is 3.03. The van der Waals surface area contributed by atoms with Crippen molar-refractivity contribution >= 4 is 5.91 Å². The van der Waals surface area contributed by atoms with Gasteiger partial charge in [-0.15, -0.1) is 10.2 Å². The number of carbonyl (C=O) groups excluding carboxylic acids is 1. The third-order valence-electron chi connectivity index (χ3n) is 4.94. The van der Waals surface area contributed by atoms with E-state index in [9.17, 15) is 9.90 Å². The van der Waals surface area contributed by atoms with E-state index in [0.29, 0.717) is 25.9 Å². The fraction of sp³-hybridized carbons (Fsp3) is 0.667. The van der Waals surface area contributed by atoms with Gasteiger partial charge >= 0.3 is 0 Å². The van der Waals surface area contributed by atoms with E-state index in [2.05, 4.69) is 20.6 Å². The molecule has 0 bridgehead atoms. The van der Waals surface area contributed by atoms with Crippen molar-refractivity contribution in [3.8, 4) is 0 Å². The van der Waals surface area contributed by atoms with E-state index in [1.807, 2.05) is 16.5 Å². The van der Waals surface area contributed by atoms with E-state index in [-0.39, 0.29) is 17.9 Å². The molecule has 0 radical (unpaired) electrons. The predicted molar refractivity (Wildman–Crippen MR) is 82.6 cm³/mol. The van der Waals surface area contributed by atoms with Crippen LogP contribution < -0.4 is 0 Å². The Kier molecular flexibility index (Phi) is 3.79. The summed E-state index contributed by atoms with van der Waals surface area (Å²) in [4.78, 5) is 14.5. The van der Waals surface area contributed by atoms with Gasteiger partial charge in [-0.1, -0.05) is 10.4 Å². The normalized spacial score (nSPS) is 23.5. The molecule has 9 nitrogen and oxygen atoms in total. The van der Waals surface area contributed by atoms with Gasteiger partial charge in [-0.3, -0.25) is 4.79 Å². The van der Waals surface area contributed by atoms with Crippen molar-refractivity contribution in [2.45, 2.75) is 51.9 Å². The van der Waals surface area contributed by atoms with Crippen molar-refractivity contribution in [2.75, 3.05) is 6.54 Å². The highest BCUT2D eigenvalue weighted by Gasteiger charge is 2.36. The van der Waals surface area contributed by atoms with E-state index in [4.69, 9.17) is 0 Å². The predicted octanol–water partition coefficient (Wildman–Crippen LogP) is -0.270. The SMILES string of the molecule is Cc1cnnn1Cc1nnn2c1CN(C(=O)C1CC(O)C1)CCC2. The number of aryl methyl sites for hydroxylation is 2. The van der Waals surface area contributed by atoms with Crippen molar-refractivity contribution in [1.29, 1.82) is 0 Å². The van der Waals surface area contributed by atoms with Crippen molar-refractivity contribution in [3.63, 3.8) is 0 Å². The van der Waals surface area contributed by atoms with Crippen LogP contribution in [0.5, 0.6) is 0 Å². The molecular formula is C15H21N7O2. The first kappa shape index (κ1) is 15.3. The lowest BCUT2D eigenvalue weighted by atomic mass is 9.81. The molecule has 24 heavy (non-hydrogen) atoms. The number of aliphatic hydroxyl groups excluding tert-OH is 1. The summed E-state index contributed by atoms with van der Waals surface area (Å²) >= 11 is 0. The Morgan fingerprint density at radius 2 is 2.17 bits per heavy atom. The molecular weight excluding hydrogens is 310 g/mol. The summed E-state index contributed by atoms with van der Waals surface area (Å²) in [6.45, 7) is 4.44. The van der Waals surface area contributed by atoms with Gasteiger partial charge in [0.15, 0.2) is 0 Å². The molecule has 0 spiro atoms. The van der Waals surface area contributed by atoms with Crippen LogP contribution in [0.2, 0.25) is 0 Å². The first-order valence-corrected chi connectivity index (χ1v) is 8.35. The minimum Gasteiger partial charge on any atom is -0.393 e. The summed E-state index contributed by atoms with van der Waals surface area (Å²) in [5.74, 6) is 0.0984. The maximum absolute atomic E-state index is 12.6. The molecule has 0 atom stereocenters. The second-order valence-electron chi connectivity index (χ2n) is 6.67. The molecule has 0 aromatic carbocycles. The standard InChI is InChI=1S/C15H21N7O2/c1-10-7-16-18-22(10)8-13-14-9-20(3-2-4-21(14)19-17-13)15(24)11-5-12(23)6-11/h7,11-12,23H,2-6,8-9H2,1H3. The third-order valence-corrected chi connectivity index (χ3v) is 4.94. The smallest absolute Gasteiger partial charge is 0.226 e. The largest absolute Gasteiger partial charge is 0.393 e. The molecule has 0 saturated heterocycles. The monoisotopic (exact) mass is 331 g/mol. The molecule has 0 unspecified atom stereocenters. The maximum atomic E-state index is 12.6. The summed E-state index contributed by atoms with van der Waals surface area (Å²) < 4.78 is 3.68. The quantitative estimate of drug-likeness (QED) is 0.831. The van der Waals surface area contributed by atoms with Crippen LogP contribution in [0.3, 0.4) is 0 Å². The highest BCUT2D eigenvalue weighted by molar-refractivity contribution is 5.79. The van der Waals surface area contributed by atoms with E-state index in [0.717, 1.165) is 36.6 Å². The van der Waals surface area contributed by atoms with Gasteiger partial charge in [-0.05, 0) is 26.2 Å². The molecule has 9 heteroatoms. The van der Waals surface area contributed by atoms with Crippen LogP contribution in [0.1, 0.15) is 36.3 Å². The van der Waals surface area contributed by atoms with Crippen LogP contribution in [0.25, 0.3) is 0 Å². The molecule has 3 heterocycles. The number of hydrogen-bond donors (Lipinski definition) is 1. The lowest BCUT2D eigenvalue weighted by Gasteiger charge is -2.34. The Balaban J connectivity index is 1.54. The lowest BCUT2D eigenvalue weighted by Crippen LogP contribution is -2.43. The second kappa shape index (κ2) is 5.97. The third kappa shape index (κ3) is 2.68. The van der Waals surface area contributed by atoms with Gasteiger partial charge in [-0.25, -0.2) is 9.36 Å². The van der Waals surface area contributed by atoms with Crippen molar-refractivity contribution in [1.82, 2.24) is 34.9 Å². The molecule has 1 saturated carbocycles. The molecule has 1 aliphatic carbocycles. The van der Waals surface area contributed by atoms with Crippen molar-refractivity contribution in [3.05, 3.63) is 23.3 Å². The lowest BCUT2D eigenvalue weighted by molar-refractivity contribution is -0.143. The molecule has 2 aromatic heterocycles. The summed E-state index contributed by atoms with van der Waals surface area (Å²) in [5, 5.41) is 25.9. The van der Waals surface area contributed by atoms with E-state index in [1.165, 1.54) is 0 Å². The number of amides is 1. The maximum Gasteiger partial charge on any atom is 0.226 e. The first-order chi connectivity index (χ1) is 11.6. The van der Waals surface area contributed by atoms with Gasteiger partial charge in [0, 0.05) is 19.0 Å². The Morgan fingerprint density at radius 1 is 1.33 bits per heavy atom. The fourth-order valence-corrected chi connectivity index (χ4v) is 3.36. The molecule has 2 aliphatic rings. The average molecular weight is 331 g/mol. The van der Waals surface area contributed by atoms with Gasteiger partial charge in [0.1, 0.15) is 5.69 Å². The minimum absolute atomic E-state index is 0.0385. The zero-order chi connectivity index (χ0) is 16.7. The van der Waals surface area contributed by atoms with E-state index < -0.39 is 0 Å². The number of hydrogen-bond acceptors (Lipinski definition) is 6. The molecule has 128 valence electrons. The van der Waals surface area contributed by atoms with Crippen LogP contribution in [-0.4, -0.2) is 58.6 Å². The highest BCUT2D eigenvalue weighted by atomic mass is 16.3. The Morgan fingerprint density at radius 3 is 2.88 bits per heavy atom. The first-order valence-electron chi connectivity index (χ1n) is 8.35. The summed E-state index contributed by atoms with van der Waals surface area (Å²) in [6, 6.07) is 0. The number of carbonyl (C=O) groups is 1. The molecule has 1 aliphatic heterocycles. The minimum atomic E-state index is -0.316. The zero-order valence-electron chi connectivity index (χ0n) is 13.7. The topological polar surface area (TPSA) is 102 Å². The number of fused-ring (bicyclic) bond motifs is 1. The molecule has 1 fully saturated rings. The number of rotatable bonds is 3. The van der Waals surface area contributed by atoms with Crippen molar-refractivity contribution < 1.29 is 9.90 Å². The number of aromatic nitrogens is 6. The van der Waals surface area contributed by atoms with Gasteiger partial charge in [0.2, 0.25) is 5.91 Å². The Bertz CT molecular complexity index is 747. The van der Waals surface area contributed by atoms with Gasteiger partial charge < -0.3 is 10.0 Å². The van der Waals surface area contributed by atoms with Crippen LogP contribution in [0.4, 0.5) is 0 Å². The second-order valence-corrected chi connectivity index (χ2v) is 6.67. The molecule has 4 rings (SSSR count). The summed E-state index contributed by atoms with van der Waals surface area (Å²) in [6.07, 6.45) is 3.42. The van der Waals surface area contributed by atoms with Crippen LogP contribution in [0.15, 0.2) is 6.20 Å². The highest BCUT2D eigenvalue weighted by Crippen LogP contribution is 2.30. The van der Waals surface area contributed by atoms with E-state index >= 15 is 0 Å². The number of nitrogens with zero attached hydrogens (tertiary/aromatic N) is 7. The Hall–Kier alpha value is -2.29. The van der Waals surface area contributed by atoms with Gasteiger partial charge in [-0.2, -0.15) is 0 Å².